The molecule has 19 heavy (non-hydrogen) atoms. The summed E-state index contributed by atoms with van der Waals surface area (Å²) in [5, 5.41) is 2.61. The number of nitrogens with zero attached hydrogens (tertiary/aromatic N) is 2. The minimum absolute atomic E-state index is 0.195. The highest BCUT2D eigenvalue weighted by Gasteiger charge is 2.37. The summed E-state index contributed by atoms with van der Waals surface area (Å²) in [4.78, 5) is 20.0. The molecule has 0 spiro atoms. The van der Waals surface area contributed by atoms with Crippen LogP contribution < -0.4 is 5.32 Å². The number of halogens is 4. The first-order valence-electron chi connectivity index (χ1n) is 5.74. The first kappa shape index (κ1) is 14.8. The summed E-state index contributed by atoms with van der Waals surface area (Å²) >= 11 is 6.33. The Labute approximate surface area is 125 Å². The standard InChI is InChI=1S/C11H11Br2F2N3O/c12-7-5-16-9(8(13)17-7)18-10(19)6-1-3-11(14,15)4-2-6/h5-6H,1-4H2,(H,16,18,19). The summed E-state index contributed by atoms with van der Waals surface area (Å²) < 4.78 is 27.0. The van der Waals surface area contributed by atoms with E-state index in [1.165, 1.54) is 6.20 Å². The van der Waals surface area contributed by atoms with Crippen LogP contribution in [0.3, 0.4) is 0 Å². The van der Waals surface area contributed by atoms with Crippen LogP contribution in [-0.2, 0) is 4.79 Å². The van der Waals surface area contributed by atoms with Gasteiger partial charge in [0.05, 0.1) is 6.20 Å². The Kier molecular flexibility index (Phi) is 4.50. The van der Waals surface area contributed by atoms with Gasteiger partial charge in [0.15, 0.2) is 5.82 Å². The lowest BCUT2D eigenvalue weighted by molar-refractivity contribution is -0.124. The van der Waals surface area contributed by atoms with Crippen LogP contribution in [0.15, 0.2) is 15.4 Å². The highest BCUT2D eigenvalue weighted by atomic mass is 79.9. The molecule has 1 heterocycles. The molecule has 0 atom stereocenters. The number of hydrogen-bond donors (Lipinski definition) is 1. The Morgan fingerprint density at radius 1 is 1.37 bits per heavy atom. The maximum Gasteiger partial charge on any atom is 0.248 e. The fourth-order valence-corrected chi connectivity index (χ4v) is 2.86. The number of carbonyl (C=O) groups excluding carboxylic acids is 1. The van der Waals surface area contributed by atoms with Gasteiger partial charge in [-0.05, 0) is 44.7 Å². The monoisotopic (exact) mass is 397 g/mol. The summed E-state index contributed by atoms with van der Waals surface area (Å²) in [6.45, 7) is 0. The summed E-state index contributed by atoms with van der Waals surface area (Å²) in [6, 6.07) is 0. The molecular weight excluding hydrogens is 388 g/mol. The number of rotatable bonds is 2. The van der Waals surface area contributed by atoms with Crippen LogP contribution >= 0.6 is 31.9 Å². The van der Waals surface area contributed by atoms with Gasteiger partial charge in [-0.15, -0.1) is 0 Å². The second-order valence-corrected chi connectivity index (χ2v) is 6.02. The topological polar surface area (TPSA) is 54.9 Å². The van der Waals surface area contributed by atoms with Gasteiger partial charge in [-0.25, -0.2) is 18.7 Å². The van der Waals surface area contributed by atoms with Crippen molar-refractivity contribution in [2.75, 3.05) is 5.32 Å². The Morgan fingerprint density at radius 2 is 2.00 bits per heavy atom. The lowest BCUT2D eigenvalue weighted by atomic mass is 9.86. The van der Waals surface area contributed by atoms with Gasteiger partial charge in [0.2, 0.25) is 11.8 Å². The largest absolute Gasteiger partial charge is 0.308 e. The van der Waals surface area contributed by atoms with Gasteiger partial charge in [-0.1, -0.05) is 0 Å². The predicted octanol–water partition coefficient (Wildman–Crippen LogP) is 3.77. The quantitative estimate of drug-likeness (QED) is 0.824. The summed E-state index contributed by atoms with van der Waals surface area (Å²) in [6.07, 6.45) is 1.37. The zero-order valence-electron chi connectivity index (χ0n) is 9.80. The van der Waals surface area contributed by atoms with Crippen LogP contribution in [0.5, 0.6) is 0 Å². The van der Waals surface area contributed by atoms with E-state index in [-0.39, 0.29) is 31.6 Å². The molecule has 0 bridgehead atoms. The maximum atomic E-state index is 13.0. The second-order valence-electron chi connectivity index (χ2n) is 4.45. The van der Waals surface area contributed by atoms with Crippen molar-refractivity contribution < 1.29 is 13.6 Å². The van der Waals surface area contributed by atoms with Gasteiger partial charge >= 0.3 is 0 Å². The number of carbonyl (C=O) groups is 1. The normalized spacial score (nSPS) is 19.2. The Morgan fingerprint density at radius 3 is 2.58 bits per heavy atom. The van der Waals surface area contributed by atoms with Crippen molar-refractivity contribution in [3.05, 3.63) is 15.4 Å². The van der Waals surface area contributed by atoms with Crippen molar-refractivity contribution in [1.82, 2.24) is 9.97 Å². The molecule has 4 nitrogen and oxygen atoms in total. The zero-order valence-corrected chi connectivity index (χ0v) is 13.0. The van der Waals surface area contributed by atoms with E-state index in [4.69, 9.17) is 0 Å². The van der Waals surface area contributed by atoms with E-state index in [1.807, 2.05) is 0 Å². The number of alkyl halides is 2. The summed E-state index contributed by atoms with van der Waals surface area (Å²) in [5.41, 5.74) is 0. The third-order valence-corrected chi connectivity index (χ3v) is 3.97. The molecule has 0 aliphatic heterocycles. The van der Waals surface area contributed by atoms with Crippen molar-refractivity contribution in [2.24, 2.45) is 5.92 Å². The average molecular weight is 399 g/mol. The number of amides is 1. The van der Waals surface area contributed by atoms with Crippen molar-refractivity contribution in [3.8, 4) is 0 Å². The van der Waals surface area contributed by atoms with Gasteiger partial charge in [-0.3, -0.25) is 4.79 Å². The third kappa shape index (κ3) is 3.92. The molecule has 0 radical (unpaired) electrons. The molecule has 0 aromatic carbocycles. The van der Waals surface area contributed by atoms with Gasteiger partial charge in [0.25, 0.3) is 0 Å². The molecule has 1 N–H and O–H groups in total. The van der Waals surface area contributed by atoms with Gasteiger partial charge in [0.1, 0.15) is 9.21 Å². The molecule has 1 saturated carbocycles. The fraction of sp³-hybridized carbons (Fsp3) is 0.545. The molecule has 1 fully saturated rings. The van der Waals surface area contributed by atoms with Crippen LogP contribution in [0.25, 0.3) is 0 Å². The van der Waals surface area contributed by atoms with Crippen LogP contribution in [0.4, 0.5) is 14.6 Å². The molecule has 1 amide bonds. The molecule has 0 unspecified atom stereocenters. The summed E-state index contributed by atoms with van der Waals surface area (Å²) in [7, 11) is 0. The SMILES string of the molecule is O=C(Nc1ncc(Br)nc1Br)C1CCC(F)(F)CC1. The van der Waals surface area contributed by atoms with E-state index >= 15 is 0 Å². The number of anilines is 1. The minimum atomic E-state index is -2.63. The van der Waals surface area contributed by atoms with Crippen LogP contribution in [0, 0.1) is 5.92 Å². The molecule has 1 aliphatic rings. The van der Waals surface area contributed by atoms with Crippen LogP contribution in [0.1, 0.15) is 25.7 Å². The minimum Gasteiger partial charge on any atom is -0.308 e. The van der Waals surface area contributed by atoms with Gasteiger partial charge in [0, 0.05) is 18.8 Å². The molecule has 1 aliphatic carbocycles. The third-order valence-electron chi connectivity index (χ3n) is 3.03. The highest BCUT2D eigenvalue weighted by Crippen LogP contribution is 2.36. The molecule has 8 heteroatoms. The molecular formula is C11H11Br2F2N3O. The number of hydrogen-bond acceptors (Lipinski definition) is 3. The van der Waals surface area contributed by atoms with Gasteiger partial charge < -0.3 is 5.32 Å². The number of nitrogens with one attached hydrogen (secondary N) is 1. The predicted molar refractivity (Wildman–Crippen MR) is 73.0 cm³/mol. The Hall–Kier alpha value is -0.630. The van der Waals surface area contributed by atoms with Crippen LogP contribution in [0.2, 0.25) is 0 Å². The molecule has 1 aromatic rings. The first-order chi connectivity index (χ1) is 8.87. The van der Waals surface area contributed by atoms with E-state index < -0.39 is 11.8 Å². The van der Waals surface area contributed by atoms with Crippen molar-refractivity contribution in [2.45, 2.75) is 31.6 Å². The van der Waals surface area contributed by atoms with E-state index in [1.54, 1.807) is 0 Å². The molecule has 0 saturated heterocycles. The Balaban J connectivity index is 1.98. The van der Waals surface area contributed by atoms with Crippen molar-refractivity contribution >= 4 is 43.6 Å². The van der Waals surface area contributed by atoms with E-state index in [0.29, 0.717) is 15.0 Å². The zero-order chi connectivity index (χ0) is 14.0. The second kappa shape index (κ2) is 5.78. The summed E-state index contributed by atoms with van der Waals surface area (Å²) in [5.74, 6) is -3.01. The van der Waals surface area contributed by atoms with E-state index in [9.17, 15) is 13.6 Å². The van der Waals surface area contributed by atoms with Crippen LogP contribution in [-0.4, -0.2) is 21.8 Å². The average Bonchev–Trinajstić information content (AvgIpc) is 2.32. The maximum absolute atomic E-state index is 13.0. The lowest BCUT2D eigenvalue weighted by Crippen LogP contribution is -2.32. The molecule has 1 aromatic heterocycles. The highest BCUT2D eigenvalue weighted by molar-refractivity contribution is 9.11. The van der Waals surface area contributed by atoms with Crippen molar-refractivity contribution in [1.29, 1.82) is 0 Å². The lowest BCUT2D eigenvalue weighted by Gasteiger charge is -2.27. The molecule has 104 valence electrons. The van der Waals surface area contributed by atoms with Crippen molar-refractivity contribution in [3.63, 3.8) is 0 Å². The smallest absolute Gasteiger partial charge is 0.248 e. The Bertz CT molecular complexity index is 489. The van der Waals surface area contributed by atoms with Gasteiger partial charge in [-0.2, -0.15) is 0 Å². The fourth-order valence-electron chi connectivity index (χ4n) is 1.95. The first-order valence-corrected chi connectivity index (χ1v) is 7.33. The molecule has 2 rings (SSSR count). The van der Waals surface area contributed by atoms with E-state index in [2.05, 4.69) is 47.1 Å². The van der Waals surface area contributed by atoms with E-state index in [0.717, 1.165) is 0 Å². The number of aromatic nitrogens is 2.